The Labute approximate surface area is 215 Å². The zero-order chi connectivity index (χ0) is 26.5. The first-order chi connectivity index (χ1) is 16.5. The fourth-order valence-electron chi connectivity index (χ4n) is 3.14. The number of nitrogens with two attached hydrogens (primary N) is 1. The highest BCUT2D eigenvalue weighted by Gasteiger charge is 2.31. The molecule has 0 aromatic heterocycles. The summed E-state index contributed by atoms with van der Waals surface area (Å²) < 4.78 is 0. The largest absolute Gasteiger partial charge is 0.508 e. The molecule has 1 aromatic carbocycles. The van der Waals surface area contributed by atoms with Crippen molar-refractivity contribution in [3.05, 3.63) is 29.8 Å². The van der Waals surface area contributed by atoms with Gasteiger partial charge in [-0.05, 0) is 42.0 Å². The average Bonchev–Trinajstić information content (AvgIpc) is 2.83. The number of hydrogen-bond donors (Lipinski definition) is 7. The highest BCUT2D eigenvalue weighted by atomic mass is 32.2. The number of aliphatic carboxylic acids is 1. The molecule has 196 valence electrons. The number of thiol groups is 1. The molecule has 0 aliphatic carbocycles. The summed E-state index contributed by atoms with van der Waals surface area (Å²) in [6.45, 7) is 3.52. The molecule has 5 atom stereocenters. The Hall–Kier alpha value is -2.44. The topological polar surface area (TPSA) is 171 Å². The lowest BCUT2D eigenvalue weighted by Gasteiger charge is -2.26. The van der Waals surface area contributed by atoms with E-state index < -0.39 is 47.9 Å². The van der Waals surface area contributed by atoms with Crippen LogP contribution in [0.3, 0.4) is 0 Å². The summed E-state index contributed by atoms with van der Waals surface area (Å²) in [5, 5.41) is 26.6. The van der Waals surface area contributed by atoms with Crippen LogP contribution in [0.25, 0.3) is 0 Å². The van der Waals surface area contributed by atoms with Gasteiger partial charge in [-0.1, -0.05) is 32.4 Å². The number of carbonyl (C=O) groups excluding carboxylic acids is 3. The van der Waals surface area contributed by atoms with Crippen LogP contribution >= 0.6 is 24.4 Å². The van der Waals surface area contributed by atoms with Crippen LogP contribution in [0.1, 0.15) is 32.3 Å². The number of benzene rings is 1. The van der Waals surface area contributed by atoms with E-state index >= 15 is 0 Å². The van der Waals surface area contributed by atoms with Crippen molar-refractivity contribution in [2.75, 3.05) is 17.8 Å². The normalized spacial score (nSPS) is 15.2. The molecule has 7 N–H and O–H groups in total. The third kappa shape index (κ3) is 10.4. The third-order valence-electron chi connectivity index (χ3n) is 5.57. The monoisotopic (exact) mass is 528 g/mol. The molecule has 1 rings (SSSR count). The van der Waals surface area contributed by atoms with Gasteiger partial charge in [0.05, 0.1) is 6.04 Å². The fourth-order valence-corrected chi connectivity index (χ4v) is 3.88. The molecule has 0 saturated heterocycles. The second-order valence-electron chi connectivity index (χ2n) is 8.27. The lowest BCUT2D eigenvalue weighted by Crippen LogP contribution is -2.58. The number of aromatic hydroxyl groups is 1. The summed E-state index contributed by atoms with van der Waals surface area (Å²) >= 11 is 5.68. The van der Waals surface area contributed by atoms with Crippen molar-refractivity contribution in [2.24, 2.45) is 11.7 Å². The minimum atomic E-state index is -1.17. The van der Waals surface area contributed by atoms with Crippen molar-refractivity contribution >= 4 is 48.1 Å². The van der Waals surface area contributed by atoms with Crippen LogP contribution in [0.2, 0.25) is 0 Å². The van der Waals surface area contributed by atoms with Crippen LogP contribution < -0.4 is 21.7 Å². The van der Waals surface area contributed by atoms with Gasteiger partial charge in [0, 0.05) is 12.2 Å². The second-order valence-corrected chi connectivity index (χ2v) is 9.62. The molecule has 0 aliphatic rings. The Morgan fingerprint density at radius 3 is 2.11 bits per heavy atom. The maximum Gasteiger partial charge on any atom is 0.326 e. The zero-order valence-corrected chi connectivity index (χ0v) is 21.9. The van der Waals surface area contributed by atoms with E-state index in [1.54, 1.807) is 30.8 Å². The summed E-state index contributed by atoms with van der Waals surface area (Å²) in [5.41, 5.74) is 6.61. The van der Waals surface area contributed by atoms with Gasteiger partial charge in [-0.3, -0.25) is 14.4 Å². The van der Waals surface area contributed by atoms with Crippen molar-refractivity contribution in [1.29, 1.82) is 0 Å². The van der Waals surface area contributed by atoms with Gasteiger partial charge in [0.15, 0.2) is 0 Å². The van der Waals surface area contributed by atoms with Gasteiger partial charge in [0.25, 0.3) is 0 Å². The van der Waals surface area contributed by atoms with Crippen LogP contribution in [-0.4, -0.2) is 75.8 Å². The van der Waals surface area contributed by atoms with Crippen LogP contribution in [-0.2, 0) is 25.6 Å². The lowest BCUT2D eigenvalue weighted by molar-refractivity contribution is -0.143. The Morgan fingerprint density at radius 2 is 1.60 bits per heavy atom. The molecule has 10 nitrogen and oxygen atoms in total. The summed E-state index contributed by atoms with van der Waals surface area (Å²) in [7, 11) is 0. The number of carbonyl (C=O) groups is 4. The van der Waals surface area contributed by atoms with Crippen LogP contribution in [0, 0.1) is 5.92 Å². The Bertz CT molecular complexity index is 855. The summed E-state index contributed by atoms with van der Waals surface area (Å²) in [4.78, 5) is 50.0. The third-order valence-corrected chi connectivity index (χ3v) is 6.58. The van der Waals surface area contributed by atoms with E-state index in [0.29, 0.717) is 24.2 Å². The first kappa shape index (κ1) is 30.6. The molecule has 0 heterocycles. The van der Waals surface area contributed by atoms with Gasteiger partial charge < -0.3 is 31.9 Å². The van der Waals surface area contributed by atoms with E-state index in [-0.39, 0.29) is 23.8 Å². The van der Waals surface area contributed by atoms with E-state index in [4.69, 9.17) is 5.73 Å². The number of thioether (sulfide) groups is 1. The first-order valence-electron chi connectivity index (χ1n) is 11.3. The predicted molar refractivity (Wildman–Crippen MR) is 140 cm³/mol. The quantitative estimate of drug-likeness (QED) is 0.162. The molecule has 12 heteroatoms. The van der Waals surface area contributed by atoms with Gasteiger partial charge in [-0.2, -0.15) is 24.4 Å². The molecular weight excluding hydrogens is 492 g/mol. The number of rotatable bonds is 15. The fraction of sp³-hybridized carbons (Fsp3) is 0.565. The highest BCUT2D eigenvalue weighted by molar-refractivity contribution is 7.98. The van der Waals surface area contributed by atoms with E-state index in [1.165, 1.54) is 12.1 Å². The van der Waals surface area contributed by atoms with Crippen LogP contribution in [0.5, 0.6) is 5.75 Å². The zero-order valence-electron chi connectivity index (χ0n) is 20.2. The Kier molecular flexibility index (Phi) is 13.6. The smallest absolute Gasteiger partial charge is 0.326 e. The number of phenolic OH excluding ortho intramolecular Hbond substituents is 1. The van der Waals surface area contributed by atoms with Crippen molar-refractivity contribution < 1.29 is 29.4 Å². The highest BCUT2D eigenvalue weighted by Crippen LogP contribution is 2.12. The van der Waals surface area contributed by atoms with Crippen LogP contribution in [0.4, 0.5) is 0 Å². The molecule has 3 amide bonds. The molecular formula is C23H36N4O6S2. The summed E-state index contributed by atoms with van der Waals surface area (Å²) in [6.07, 6.45) is 2.93. The minimum absolute atomic E-state index is 0.0546. The molecule has 0 spiro atoms. The second kappa shape index (κ2) is 15.5. The standard InChI is InChI=1S/C23H36N4O6S2/c1-4-13(2)19(23(32)33)27-22(31)18(12-34)26-21(30)17(11-14-5-7-15(28)8-6-14)25-20(29)16(24)9-10-35-3/h5-8,13,16-19,28,34H,4,9-12,24H2,1-3H3,(H,25,29)(H,26,30)(H,27,31)(H,32,33). The number of amides is 3. The van der Waals surface area contributed by atoms with Gasteiger partial charge in [-0.25, -0.2) is 4.79 Å². The molecule has 0 aliphatic heterocycles. The molecule has 0 radical (unpaired) electrons. The van der Waals surface area contributed by atoms with E-state index in [2.05, 4.69) is 28.6 Å². The minimum Gasteiger partial charge on any atom is -0.508 e. The van der Waals surface area contributed by atoms with Gasteiger partial charge >= 0.3 is 5.97 Å². The first-order valence-corrected chi connectivity index (χ1v) is 13.3. The van der Waals surface area contributed by atoms with E-state index in [0.717, 1.165) is 0 Å². The van der Waals surface area contributed by atoms with Gasteiger partial charge in [-0.15, -0.1) is 0 Å². The Morgan fingerprint density at radius 1 is 1.03 bits per heavy atom. The number of carboxylic acids is 1. The maximum absolute atomic E-state index is 13.1. The molecule has 0 saturated carbocycles. The molecule has 0 bridgehead atoms. The average molecular weight is 529 g/mol. The van der Waals surface area contributed by atoms with Crippen LogP contribution in [0.15, 0.2) is 24.3 Å². The van der Waals surface area contributed by atoms with Crippen molar-refractivity contribution in [3.63, 3.8) is 0 Å². The molecule has 35 heavy (non-hydrogen) atoms. The van der Waals surface area contributed by atoms with Gasteiger partial charge in [0.1, 0.15) is 23.9 Å². The molecule has 5 unspecified atom stereocenters. The van der Waals surface area contributed by atoms with Crippen molar-refractivity contribution in [1.82, 2.24) is 16.0 Å². The van der Waals surface area contributed by atoms with E-state index in [9.17, 15) is 29.4 Å². The number of phenols is 1. The van der Waals surface area contributed by atoms with Crippen molar-refractivity contribution in [2.45, 2.75) is 57.3 Å². The molecule has 0 fully saturated rings. The predicted octanol–water partition coefficient (Wildman–Crippen LogP) is 0.530. The maximum atomic E-state index is 13.1. The Balaban J connectivity index is 3.01. The SMILES string of the molecule is CCC(C)C(NC(=O)C(CS)NC(=O)C(Cc1ccc(O)cc1)NC(=O)C(N)CCSC)C(=O)O. The number of hydrogen-bond acceptors (Lipinski definition) is 8. The lowest BCUT2D eigenvalue weighted by atomic mass is 9.99. The number of nitrogens with one attached hydrogen (secondary N) is 3. The van der Waals surface area contributed by atoms with Crippen molar-refractivity contribution in [3.8, 4) is 5.75 Å². The molecule has 1 aromatic rings. The summed E-state index contributed by atoms with van der Waals surface area (Å²) in [5.74, 6) is -2.69. The van der Waals surface area contributed by atoms with Gasteiger partial charge in [0.2, 0.25) is 17.7 Å². The number of carboxylic acid groups (broad SMARTS) is 1. The van der Waals surface area contributed by atoms with E-state index in [1.807, 2.05) is 13.2 Å². The summed E-state index contributed by atoms with van der Waals surface area (Å²) in [6, 6.07) is 2.03.